The van der Waals surface area contributed by atoms with Crippen LogP contribution >= 0.6 is 15.9 Å². The van der Waals surface area contributed by atoms with Crippen LogP contribution in [0.25, 0.3) is 0 Å². The predicted octanol–water partition coefficient (Wildman–Crippen LogP) is 4.86. The molecular formula is C17H20BrNO2. The average molecular weight is 350 g/mol. The molecule has 0 radical (unpaired) electrons. The number of phenolic OH excluding ortho intramolecular Hbond substituents is 1. The van der Waals surface area contributed by atoms with Gasteiger partial charge in [0, 0.05) is 28.3 Å². The monoisotopic (exact) mass is 349 g/mol. The molecular weight excluding hydrogens is 330 g/mol. The average Bonchev–Trinajstić information content (AvgIpc) is 2.47. The number of benzene rings is 2. The van der Waals surface area contributed by atoms with Gasteiger partial charge in [-0.25, -0.2) is 0 Å². The van der Waals surface area contributed by atoms with Gasteiger partial charge in [-0.05, 0) is 43.2 Å². The summed E-state index contributed by atoms with van der Waals surface area (Å²) in [5.74, 6) is 1.19. The number of halogens is 1. The standard InChI is InChI=1S/C17H20BrNO2/c1-3-8-21-17-7-5-14(18)9-13(17)11-19-15-6-4-12(2)16(20)10-15/h4-7,9-10,19-20H,3,8,11H2,1-2H3. The molecule has 0 atom stereocenters. The van der Waals surface area contributed by atoms with E-state index in [0.717, 1.165) is 33.5 Å². The quantitative estimate of drug-likeness (QED) is 0.781. The van der Waals surface area contributed by atoms with E-state index in [9.17, 15) is 5.11 Å². The first-order valence-corrected chi connectivity index (χ1v) is 7.84. The third-order valence-corrected chi connectivity index (χ3v) is 3.67. The Bertz CT molecular complexity index is 614. The minimum atomic E-state index is 0.302. The molecule has 0 heterocycles. The van der Waals surface area contributed by atoms with Crippen LogP contribution in [0.2, 0.25) is 0 Å². The van der Waals surface area contributed by atoms with Crippen LogP contribution in [0.4, 0.5) is 5.69 Å². The molecule has 0 aliphatic heterocycles. The second kappa shape index (κ2) is 7.36. The molecule has 0 unspecified atom stereocenters. The first kappa shape index (κ1) is 15.7. The van der Waals surface area contributed by atoms with Gasteiger partial charge in [0.05, 0.1) is 6.61 Å². The van der Waals surface area contributed by atoms with E-state index in [0.29, 0.717) is 18.9 Å². The summed E-state index contributed by atoms with van der Waals surface area (Å²) < 4.78 is 6.79. The molecule has 112 valence electrons. The van der Waals surface area contributed by atoms with E-state index in [-0.39, 0.29) is 0 Å². The number of ether oxygens (including phenoxy) is 1. The fraction of sp³-hybridized carbons (Fsp3) is 0.294. The maximum absolute atomic E-state index is 9.74. The Labute approximate surface area is 134 Å². The first-order chi connectivity index (χ1) is 10.1. The van der Waals surface area contributed by atoms with Gasteiger partial charge in [0.1, 0.15) is 11.5 Å². The van der Waals surface area contributed by atoms with E-state index in [1.54, 1.807) is 6.07 Å². The van der Waals surface area contributed by atoms with Crippen molar-refractivity contribution in [3.05, 3.63) is 52.0 Å². The van der Waals surface area contributed by atoms with Crippen molar-refractivity contribution in [2.45, 2.75) is 26.8 Å². The highest BCUT2D eigenvalue weighted by atomic mass is 79.9. The van der Waals surface area contributed by atoms with E-state index >= 15 is 0 Å². The number of phenols is 1. The van der Waals surface area contributed by atoms with Crippen LogP contribution in [-0.4, -0.2) is 11.7 Å². The van der Waals surface area contributed by atoms with E-state index in [1.165, 1.54) is 0 Å². The number of hydrogen-bond donors (Lipinski definition) is 2. The molecule has 0 spiro atoms. The highest BCUT2D eigenvalue weighted by molar-refractivity contribution is 9.10. The fourth-order valence-electron chi connectivity index (χ4n) is 1.96. The smallest absolute Gasteiger partial charge is 0.124 e. The third kappa shape index (κ3) is 4.39. The highest BCUT2D eigenvalue weighted by Gasteiger charge is 2.05. The molecule has 0 fully saturated rings. The van der Waals surface area contributed by atoms with Crippen molar-refractivity contribution in [1.29, 1.82) is 0 Å². The first-order valence-electron chi connectivity index (χ1n) is 7.05. The zero-order valence-corrected chi connectivity index (χ0v) is 13.9. The zero-order valence-electron chi connectivity index (χ0n) is 12.3. The molecule has 0 saturated heterocycles. The largest absolute Gasteiger partial charge is 0.508 e. The number of hydrogen-bond acceptors (Lipinski definition) is 3. The molecule has 0 saturated carbocycles. The van der Waals surface area contributed by atoms with Crippen LogP contribution in [0, 0.1) is 6.92 Å². The van der Waals surface area contributed by atoms with Crippen molar-refractivity contribution in [2.75, 3.05) is 11.9 Å². The topological polar surface area (TPSA) is 41.5 Å². The van der Waals surface area contributed by atoms with Crippen molar-refractivity contribution in [2.24, 2.45) is 0 Å². The van der Waals surface area contributed by atoms with Crippen LogP contribution in [0.3, 0.4) is 0 Å². The van der Waals surface area contributed by atoms with Crippen molar-refractivity contribution in [1.82, 2.24) is 0 Å². The van der Waals surface area contributed by atoms with Gasteiger partial charge < -0.3 is 15.2 Å². The molecule has 0 amide bonds. The molecule has 2 N–H and O–H groups in total. The van der Waals surface area contributed by atoms with Gasteiger partial charge in [0.25, 0.3) is 0 Å². The summed E-state index contributed by atoms with van der Waals surface area (Å²) >= 11 is 3.49. The van der Waals surface area contributed by atoms with Crippen LogP contribution < -0.4 is 10.1 Å². The van der Waals surface area contributed by atoms with Crippen LogP contribution in [0.5, 0.6) is 11.5 Å². The predicted molar refractivity (Wildman–Crippen MR) is 90.1 cm³/mol. The second-order valence-electron chi connectivity index (χ2n) is 4.96. The number of rotatable bonds is 6. The van der Waals surface area contributed by atoms with Gasteiger partial charge >= 0.3 is 0 Å². The summed E-state index contributed by atoms with van der Waals surface area (Å²) in [6, 6.07) is 11.6. The Kier molecular flexibility index (Phi) is 5.51. The molecule has 2 aromatic rings. The summed E-state index contributed by atoms with van der Waals surface area (Å²) in [4.78, 5) is 0. The Morgan fingerprint density at radius 2 is 2.00 bits per heavy atom. The summed E-state index contributed by atoms with van der Waals surface area (Å²) in [5.41, 5.74) is 2.84. The van der Waals surface area contributed by atoms with E-state index in [4.69, 9.17) is 4.74 Å². The van der Waals surface area contributed by atoms with Gasteiger partial charge in [0.15, 0.2) is 0 Å². The lowest BCUT2D eigenvalue weighted by atomic mass is 10.1. The normalized spacial score (nSPS) is 10.4. The minimum Gasteiger partial charge on any atom is -0.508 e. The highest BCUT2D eigenvalue weighted by Crippen LogP contribution is 2.26. The van der Waals surface area contributed by atoms with Gasteiger partial charge in [-0.15, -0.1) is 0 Å². The number of nitrogens with one attached hydrogen (secondary N) is 1. The van der Waals surface area contributed by atoms with Crippen LogP contribution in [0.1, 0.15) is 24.5 Å². The van der Waals surface area contributed by atoms with Gasteiger partial charge in [-0.3, -0.25) is 0 Å². The number of aromatic hydroxyl groups is 1. The van der Waals surface area contributed by atoms with Crippen LogP contribution in [0.15, 0.2) is 40.9 Å². The third-order valence-electron chi connectivity index (χ3n) is 3.18. The Hall–Kier alpha value is -1.68. The van der Waals surface area contributed by atoms with Crippen molar-refractivity contribution in [3.63, 3.8) is 0 Å². The van der Waals surface area contributed by atoms with E-state index < -0.39 is 0 Å². The summed E-state index contributed by atoms with van der Waals surface area (Å²) in [6.45, 7) is 5.32. The SMILES string of the molecule is CCCOc1ccc(Br)cc1CNc1ccc(C)c(O)c1. The Balaban J connectivity index is 2.10. The molecule has 21 heavy (non-hydrogen) atoms. The number of anilines is 1. The van der Waals surface area contributed by atoms with Gasteiger partial charge in [0.2, 0.25) is 0 Å². The molecule has 0 bridgehead atoms. The Morgan fingerprint density at radius 3 is 2.71 bits per heavy atom. The molecule has 2 rings (SSSR count). The number of aryl methyl sites for hydroxylation is 1. The summed E-state index contributed by atoms with van der Waals surface area (Å²) in [6.07, 6.45) is 0.981. The maximum atomic E-state index is 9.74. The van der Waals surface area contributed by atoms with Crippen molar-refractivity contribution in [3.8, 4) is 11.5 Å². The molecule has 0 aliphatic rings. The Morgan fingerprint density at radius 1 is 1.19 bits per heavy atom. The molecule has 4 heteroatoms. The minimum absolute atomic E-state index is 0.302. The molecule has 2 aromatic carbocycles. The van der Waals surface area contributed by atoms with E-state index in [2.05, 4.69) is 28.2 Å². The molecule has 3 nitrogen and oxygen atoms in total. The lowest BCUT2D eigenvalue weighted by Gasteiger charge is -2.13. The van der Waals surface area contributed by atoms with E-state index in [1.807, 2.05) is 37.3 Å². The lowest BCUT2D eigenvalue weighted by Crippen LogP contribution is -2.04. The van der Waals surface area contributed by atoms with Gasteiger partial charge in [-0.1, -0.05) is 28.9 Å². The second-order valence-corrected chi connectivity index (χ2v) is 5.87. The summed E-state index contributed by atoms with van der Waals surface area (Å²) in [7, 11) is 0. The van der Waals surface area contributed by atoms with Gasteiger partial charge in [-0.2, -0.15) is 0 Å². The lowest BCUT2D eigenvalue weighted by molar-refractivity contribution is 0.314. The zero-order chi connectivity index (χ0) is 15.2. The van der Waals surface area contributed by atoms with Crippen molar-refractivity contribution >= 4 is 21.6 Å². The molecule has 0 aliphatic carbocycles. The fourth-order valence-corrected chi connectivity index (χ4v) is 2.36. The molecule has 0 aromatic heterocycles. The maximum Gasteiger partial charge on any atom is 0.124 e. The van der Waals surface area contributed by atoms with Crippen molar-refractivity contribution < 1.29 is 9.84 Å². The van der Waals surface area contributed by atoms with Crippen LogP contribution in [-0.2, 0) is 6.54 Å². The summed E-state index contributed by atoms with van der Waals surface area (Å²) in [5, 5.41) is 13.1.